The predicted molar refractivity (Wildman–Crippen MR) is 69.3 cm³/mol. The van der Waals surface area contributed by atoms with Gasteiger partial charge in [-0.15, -0.1) is 0 Å². The molecule has 1 amide bonds. The van der Waals surface area contributed by atoms with Crippen LogP contribution in [0.25, 0.3) is 0 Å². The first-order chi connectivity index (χ1) is 8.60. The molecule has 0 aromatic carbocycles. The van der Waals surface area contributed by atoms with E-state index in [9.17, 15) is 4.79 Å². The minimum absolute atomic E-state index is 0.251. The van der Waals surface area contributed by atoms with Gasteiger partial charge in [-0.3, -0.25) is 10.2 Å². The molecule has 6 nitrogen and oxygen atoms in total. The second-order valence-corrected chi connectivity index (χ2v) is 5.57. The largest absolute Gasteiger partial charge is 0.455 e. The Morgan fingerprint density at radius 3 is 3.00 bits per heavy atom. The molecule has 0 aliphatic rings. The number of thioether (sulfide) groups is 1. The van der Waals surface area contributed by atoms with Gasteiger partial charge in [0.05, 0.1) is 5.75 Å². The third-order valence-corrected chi connectivity index (χ3v) is 4.10. The maximum Gasteiger partial charge on any atom is 0.301 e. The van der Waals surface area contributed by atoms with Crippen molar-refractivity contribution in [3.63, 3.8) is 0 Å². The van der Waals surface area contributed by atoms with Gasteiger partial charge in [0.15, 0.2) is 10.1 Å². The molecule has 2 rings (SSSR count). The van der Waals surface area contributed by atoms with Crippen molar-refractivity contribution >= 4 is 29.2 Å². The number of nitrogens with zero attached hydrogens (tertiary/aromatic N) is 2. The first kappa shape index (κ1) is 13.1. The van der Waals surface area contributed by atoms with Crippen molar-refractivity contribution in [3.8, 4) is 0 Å². The second kappa shape index (κ2) is 5.51. The van der Waals surface area contributed by atoms with Gasteiger partial charge in [-0.05, 0) is 31.4 Å². The van der Waals surface area contributed by atoms with Crippen molar-refractivity contribution in [2.45, 2.75) is 23.9 Å². The van der Waals surface area contributed by atoms with Crippen molar-refractivity contribution < 1.29 is 9.21 Å². The minimum atomic E-state index is -0.421. The van der Waals surface area contributed by atoms with Gasteiger partial charge < -0.3 is 4.42 Å². The first-order valence-corrected chi connectivity index (χ1v) is 6.89. The number of aryl methyl sites for hydroxylation is 2. The standard InChI is InChI=1S/C10H12N4O2S2/c1-5-3-7(16-8(5)9(15)13-11)4-17-10-12-6(2)14-18-10/h3H,4,11H2,1-2H3,(H,13,15). The summed E-state index contributed by atoms with van der Waals surface area (Å²) in [7, 11) is 0. The van der Waals surface area contributed by atoms with E-state index < -0.39 is 5.91 Å². The fraction of sp³-hybridized carbons (Fsp3) is 0.300. The molecule has 8 heteroatoms. The normalized spacial score (nSPS) is 10.6. The summed E-state index contributed by atoms with van der Waals surface area (Å²) < 4.78 is 10.4. The highest BCUT2D eigenvalue weighted by atomic mass is 32.2. The summed E-state index contributed by atoms with van der Waals surface area (Å²) in [4.78, 5) is 15.6. The highest BCUT2D eigenvalue weighted by molar-refractivity contribution is 8.00. The summed E-state index contributed by atoms with van der Waals surface area (Å²) in [6.45, 7) is 3.65. The first-order valence-electron chi connectivity index (χ1n) is 5.13. The Bertz CT molecular complexity index is 564. The van der Waals surface area contributed by atoms with Crippen LogP contribution in [0.4, 0.5) is 0 Å². The summed E-state index contributed by atoms with van der Waals surface area (Å²) in [6.07, 6.45) is 0. The average molecular weight is 284 g/mol. The lowest BCUT2D eigenvalue weighted by Crippen LogP contribution is -2.30. The van der Waals surface area contributed by atoms with Gasteiger partial charge in [0.1, 0.15) is 11.6 Å². The summed E-state index contributed by atoms with van der Waals surface area (Å²) >= 11 is 2.88. The number of carbonyl (C=O) groups is 1. The van der Waals surface area contributed by atoms with Crippen LogP contribution in [0.5, 0.6) is 0 Å². The van der Waals surface area contributed by atoms with Gasteiger partial charge in [-0.2, -0.15) is 4.37 Å². The van der Waals surface area contributed by atoms with Crippen molar-refractivity contribution in [3.05, 3.63) is 29.0 Å². The molecular formula is C10H12N4O2S2. The van der Waals surface area contributed by atoms with Crippen molar-refractivity contribution in [1.29, 1.82) is 0 Å². The van der Waals surface area contributed by atoms with E-state index in [0.29, 0.717) is 11.5 Å². The van der Waals surface area contributed by atoms with Crippen LogP contribution in [0.3, 0.4) is 0 Å². The molecule has 0 atom stereocenters. The lowest BCUT2D eigenvalue weighted by molar-refractivity contribution is 0.0923. The Morgan fingerprint density at radius 1 is 1.61 bits per heavy atom. The lowest BCUT2D eigenvalue weighted by Gasteiger charge is -1.96. The Balaban J connectivity index is 2.04. The molecule has 2 aromatic rings. The second-order valence-electron chi connectivity index (χ2n) is 3.59. The third-order valence-electron chi connectivity index (χ3n) is 2.15. The van der Waals surface area contributed by atoms with E-state index in [0.717, 1.165) is 15.7 Å². The molecule has 0 radical (unpaired) electrons. The SMILES string of the molecule is Cc1nsc(SCc2cc(C)c(C(=O)NN)o2)n1. The molecular weight excluding hydrogens is 272 g/mol. The van der Waals surface area contributed by atoms with Crippen LogP contribution in [-0.4, -0.2) is 15.3 Å². The molecule has 2 aromatic heterocycles. The zero-order valence-corrected chi connectivity index (χ0v) is 11.5. The van der Waals surface area contributed by atoms with E-state index >= 15 is 0 Å². The highest BCUT2D eigenvalue weighted by Crippen LogP contribution is 2.26. The van der Waals surface area contributed by atoms with Gasteiger partial charge in [0.2, 0.25) is 0 Å². The fourth-order valence-electron chi connectivity index (χ4n) is 1.38. The summed E-state index contributed by atoms with van der Waals surface area (Å²) in [5.74, 6) is 6.98. The molecule has 0 spiro atoms. The summed E-state index contributed by atoms with van der Waals surface area (Å²) in [6, 6.07) is 1.82. The van der Waals surface area contributed by atoms with Gasteiger partial charge in [0, 0.05) is 5.56 Å². The number of nitrogens with one attached hydrogen (secondary N) is 1. The number of nitrogens with two attached hydrogens (primary N) is 1. The van der Waals surface area contributed by atoms with Crippen molar-refractivity contribution in [1.82, 2.24) is 14.8 Å². The Kier molecular flexibility index (Phi) is 4.00. The molecule has 3 N–H and O–H groups in total. The zero-order valence-electron chi connectivity index (χ0n) is 9.89. The summed E-state index contributed by atoms with van der Waals surface area (Å²) in [5, 5.41) is 0. The number of rotatable bonds is 4. The quantitative estimate of drug-likeness (QED) is 0.384. The number of nitrogen functional groups attached to an aromatic ring is 1. The van der Waals surface area contributed by atoms with Gasteiger partial charge in [-0.1, -0.05) is 11.8 Å². The van der Waals surface area contributed by atoms with E-state index in [1.54, 1.807) is 6.92 Å². The molecule has 18 heavy (non-hydrogen) atoms. The fourth-order valence-corrected chi connectivity index (χ4v) is 2.91. The van der Waals surface area contributed by atoms with E-state index in [-0.39, 0.29) is 5.76 Å². The number of hydrazine groups is 1. The maximum atomic E-state index is 11.4. The lowest BCUT2D eigenvalue weighted by atomic mass is 10.2. The minimum Gasteiger partial charge on any atom is -0.455 e. The van der Waals surface area contributed by atoms with E-state index in [4.69, 9.17) is 10.3 Å². The highest BCUT2D eigenvalue weighted by Gasteiger charge is 2.15. The van der Waals surface area contributed by atoms with Crippen LogP contribution in [0.2, 0.25) is 0 Å². The molecule has 0 saturated carbocycles. The van der Waals surface area contributed by atoms with Crippen molar-refractivity contribution in [2.75, 3.05) is 0 Å². The Hall–Kier alpha value is -1.38. The third kappa shape index (κ3) is 2.89. The molecule has 0 aliphatic heterocycles. The maximum absolute atomic E-state index is 11.4. The molecule has 0 aliphatic carbocycles. The number of hydrogen-bond acceptors (Lipinski definition) is 7. The summed E-state index contributed by atoms with van der Waals surface area (Å²) in [5.41, 5.74) is 2.82. The Labute approximate surface area is 112 Å². The number of furan rings is 1. The van der Waals surface area contributed by atoms with E-state index in [1.165, 1.54) is 23.3 Å². The topological polar surface area (TPSA) is 94.0 Å². The van der Waals surface area contributed by atoms with Crippen LogP contribution >= 0.6 is 23.3 Å². The number of aromatic nitrogens is 2. The molecule has 0 bridgehead atoms. The van der Waals surface area contributed by atoms with Crippen LogP contribution in [-0.2, 0) is 5.75 Å². The van der Waals surface area contributed by atoms with Crippen LogP contribution < -0.4 is 11.3 Å². The monoisotopic (exact) mass is 284 g/mol. The number of carbonyl (C=O) groups excluding carboxylic acids is 1. The van der Waals surface area contributed by atoms with Crippen LogP contribution in [0.1, 0.15) is 27.7 Å². The molecule has 96 valence electrons. The van der Waals surface area contributed by atoms with Crippen LogP contribution in [0, 0.1) is 13.8 Å². The number of amides is 1. The predicted octanol–water partition coefficient (Wildman–Crippen LogP) is 1.64. The molecule has 0 fully saturated rings. The zero-order chi connectivity index (χ0) is 13.1. The smallest absolute Gasteiger partial charge is 0.301 e. The van der Waals surface area contributed by atoms with E-state index in [2.05, 4.69) is 14.8 Å². The number of hydrogen-bond donors (Lipinski definition) is 2. The van der Waals surface area contributed by atoms with Gasteiger partial charge in [-0.25, -0.2) is 10.8 Å². The molecule has 0 unspecified atom stereocenters. The molecule has 2 heterocycles. The van der Waals surface area contributed by atoms with E-state index in [1.807, 2.05) is 13.0 Å². The van der Waals surface area contributed by atoms with Crippen LogP contribution in [0.15, 0.2) is 14.8 Å². The Morgan fingerprint density at radius 2 is 2.39 bits per heavy atom. The average Bonchev–Trinajstić information content (AvgIpc) is 2.92. The van der Waals surface area contributed by atoms with Gasteiger partial charge in [0.25, 0.3) is 0 Å². The molecule has 0 saturated heterocycles. The van der Waals surface area contributed by atoms with Gasteiger partial charge >= 0.3 is 5.91 Å². The van der Waals surface area contributed by atoms with Crippen molar-refractivity contribution in [2.24, 2.45) is 5.84 Å².